The molecule has 0 radical (unpaired) electrons. The van der Waals surface area contributed by atoms with Crippen LogP contribution >= 0.6 is 12.6 Å². The summed E-state index contributed by atoms with van der Waals surface area (Å²) in [6.45, 7) is 0. The molecule has 0 aromatic carbocycles. The first-order valence-corrected chi connectivity index (χ1v) is 2.21. The Morgan fingerprint density at radius 3 is 2.62 bits per heavy atom. The van der Waals surface area contributed by atoms with E-state index in [0.29, 0.717) is 0 Å². The number of hydrogen-bond acceptors (Lipinski definition) is 2. The molecule has 0 spiro atoms. The third-order valence-corrected chi connectivity index (χ3v) is 0.713. The highest BCUT2D eigenvalue weighted by Crippen LogP contribution is 1.77. The van der Waals surface area contributed by atoms with E-state index in [1.807, 2.05) is 0 Å². The average molecular weight is 135 g/mol. The lowest BCUT2D eigenvalue weighted by molar-refractivity contribution is -0.484. The number of rotatable bonds is 1. The van der Waals surface area contributed by atoms with E-state index in [4.69, 9.17) is 0 Å². The summed E-state index contributed by atoms with van der Waals surface area (Å²) in [7, 11) is 1.50. The molecule has 0 bridgehead atoms. The van der Waals surface area contributed by atoms with Crippen molar-refractivity contribution in [1.82, 2.24) is 5.32 Å². The molecule has 0 saturated carbocycles. The molecule has 0 saturated heterocycles. The number of amidine groups is 1. The monoisotopic (exact) mass is 135 g/mol. The second kappa shape index (κ2) is 3.25. The molecule has 46 valence electrons. The van der Waals surface area contributed by atoms with Gasteiger partial charge in [-0.15, -0.1) is 0 Å². The van der Waals surface area contributed by atoms with Gasteiger partial charge in [-0.05, 0) is 0 Å². The van der Waals surface area contributed by atoms with Crippen LogP contribution in [0, 0.1) is 10.1 Å². The molecule has 8 heavy (non-hydrogen) atoms. The number of nitrogens with one attached hydrogen (secondary N) is 1. The van der Waals surface area contributed by atoms with Gasteiger partial charge in [-0.3, -0.25) is 0 Å². The average Bonchev–Trinajstić information content (AvgIpc) is 1.65. The van der Waals surface area contributed by atoms with E-state index in [2.05, 4.69) is 23.0 Å². The van der Waals surface area contributed by atoms with E-state index in [9.17, 15) is 10.1 Å². The molecule has 0 atom stereocenters. The van der Waals surface area contributed by atoms with Crippen molar-refractivity contribution in [3.63, 3.8) is 0 Å². The Bertz CT molecular complexity index is 122. The smallest absolute Gasteiger partial charge is 0.231 e. The Kier molecular flexibility index (Phi) is 2.93. The molecular weight excluding hydrogens is 130 g/mol. The lowest BCUT2D eigenvalue weighted by Crippen LogP contribution is -2.12. The van der Waals surface area contributed by atoms with E-state index >= 15 is 0 Å². The summed E-state index contributed by atoms with van der Waals surface area (Å²) >= 11 is 3.57. The minimum atomic E-state index is -0.821. The van der Waals surface area contributed by atoms with Crippen molar-refractivity contribution in [2.45, 2.75) is 0 Å². The topological polar surface area (TPSA) is 67.5 Å². The first-order valence-electron chi connectivity index (χ1n) is 1.76. The Hall–Kier alpha value is -0.780. The van der Waals surface area contributed by atoms with Crippen LogP contribution in [-0.4, -0.2) is 17.2 Å². The van der Waals surface area contributed by atoms with Crippen molar-refractivity contribution >= 4 is 17.8 Å². The highest BCUT2D eigenvalue weighted by Gasteiger charge is 1.91. The van der Waals surface area contributed by atoms with Gasteiger partial charge in [0.25, 0.3) is 0 Å². The third-order valence-electron chi connectivity index (χ3n) is 0.400. The maximum atomic E-state index is 9.50. The summed E-state index contributed by atoms with van der Waals surface area (Å²) < 4.78 is 0. The van der Waals surface area contributed by atoms with Crippen LogP contribution in [0.15, 0.2) is 5.10 Å². The zero-order chi connectivity index (χ0) is 6.57. The summed E-state index contributed by atoms with van der Waals surface area (Å²) in [5, 5.41) is 13.8. The summed E-state index contributed by atoms with van der Waals surface area (Å²) in [4.78, 5) is 9.50. The Morgan fingerprint density at radius 2 is 2.50 bits per heavy atom. The Morgan fingerprint density at radius 1 is 2.00 bits per heavy atom. The molecule has 0 fully saturated rings. The Balaban J connectivity index is 3.75. The number of nitro groups is 1. The summed E-state index contributed by atoms with van der Waals surface area (Å²) in [6, 6.07) is 0. The lowest BCUT2D eigenvalue weighted by Gasteiger charge is -1.86. The van der Waals surface area contributed by atoms with Crippen LogP contribution in [0.3, 0.4) is 0 Å². The third kappa shape index (κ3) is 3.41. The van der Waals surface area contributed by atoms with Crippen LogP contribution in [0.2, 0.25) is 0 Å². The Labute approximate surface area is 51.3 Å². The van der Waals surface area contributed by atoms with Gasteiger partial charge in [0.05, 0.1) is 5.10 Å². The first kappa shape index (κ1) is 7.22. The highest BCUT2D eigenvalue weighted by molar-refractivity contribution is 7.96. The molecule has 0 heterocycles. The number of nitrogens with zero attached hydrogens (tertiary/aromatic N) is 2. The quantitative estimate of drug-likeness (QED) is 0.170. The summed E-state index contributed by atoms with van der Waals surface area (Å²) in [5.41, 5.74) is 0. The molecule has 5 nitrogen and oxygen atoms in total. The van der Waals surface area contributed by atoms with Gasteiger partial charge in [-0.2, -0.15) is 0 Å². The van der Waals surface area contributed by atoms with Gasteiger partial charge < -0.3 is 5.32 Å². The van der Waals surface area contributed by atoms with Crippen LogP contribution in [0.5, 0.6) is 0 Å². The molecule has 0 aliphatic heterocycles. The van der Waals surface area contributed by atoms with Gasteiger partial charge >= 0.3 is 0 Å². The van der Waals surface area contributed by atoms with E-state index in [1.165, 1.54) is 7.05 Å². The van der Waals surface area contributed by atoms with Gasteiger partial charge in [-0.1, -0.05) is 12.6 Å². The summed E-state index contributed by atoms with van der Waals surface area (Å²) in [5.74, 6) is 0. The van der Waals surface area contributed by atoms with Gasteiger partial charge in [0.1, 0.15) is 0 Å². The SMILES string of the molecule is CN/C(S)=N/[N+](=O)[O-]. The van der Waals surface area contributed by atoms with Crippen molar-refractivity contribution < 1.29 is 5.03 Å². The van der Waals surface area contributed by atoms with Crippen LogP contribution in [0.1, 0.15) is 0 Å². The van der Waals surface area contributed by atoms with Gasteiger partial charge in [0.2, 0.25) is 5.17 Å². The first-order chi connectivity index (χ1) is 3.66. The molecular formula is C2H5N3O2S. The molecule has 0 aliphatic carbocycles. The molecule has 0 aliphatic rings. The molecule has 1 N–H and O–H groups in total. The van der Waals surface area contributed by atoms with Gasteiger partial charge in [-0.25, -0.2) is 10.1 Å². The predicted octanol–water partition coefficient (Wildman–Crippen LogP) is -0.317. The van der Waals surface area contributed by atoms with Gasteiger partial charge in [0, 0.05) is 7.05 Å². The maximum Gasteiger partial charge on any atom is 0.231 e. The van der Waals surface area contributed by atoms with Crippen LogP contribution in [0.4, 0.5) is 0 Å². The minimum Gasteiger partial charge on any atom is -0.363 e. The molecule has 0 unspecified atom stereocenters. The second-order valence-electron chi connectivity index (χ2n) is 0.911. The molecule has 0 rings (SSSR count). The fraction of sp³-hybridized carbons (Fsp3) is 0.500. The van der Waals surface area contributed by atoms with Crippen molar-refractivity contribution in [3.8, 4) is 0 Å². The summed E-state index contributed by atoms with van der Waals surface area (Å²) in [6.07, 6.45) is 0. The standard InChI is InChI=1S/C2H5N3O2S/c1-3-2(8)4-5(6)7/h1H3,(H2,3,4,8). The normalized spacial score (nSPS) is 11.0. The van der Waals surface area contributed by atoms with E-state index < -0.39 is 5.03 Å². The molecule has 0 amide bonds. The van der Waals surface area contributed by atoms with E-state index in [-0.39, 0.29) is 5.17 Å². The lowest BCUT2D eigenvalue weighted by atomic mass is 11.2. The number of hydrazone groups is 1. The largest absolute Gasteiger partial charge is 0.363 e. The zero-order valence-electron chi connectivity index (χ0n) is 4.16. The van der Waals surface area contributed by atoms with Gasteiger partial charge in [0.15, 0.2) is 5.03 Å². The molecule has 0 aromatic rings. The van der Waals surface area contributed by atoms with Crippen LogP contribution < -0.4 is 5.32 Å². The van der Waals surface area contributed by atoms with E-state index in [0.717, 1.165) is 0 Å². The second-order valence-corrected chi connectivity index (χ2v) is 1.34. The predicted molar refractivity (Wildman–Crippen MR) is 32.5 cm³/mol. The molecule has 6 heteroatoms. The van der Waals surface area contributed by atoms with Crippen molar-refractivity contribution in [1.29, 1.82) is 0 Å². The number of hydrogen-bond donors (Lipinski definition) is 2. The van der Waals surface area contributed by atoms with Crippen LogP contribution in [-0.2, 0) is 0 Å². The maximum absolute atomic E-state index is 9.50. The highest BCUT2D eigenvalue weighted by atomic mass is 32.1. The fourth-order valence-electron chi connectivity index (χ4n) is 0.127. The van der Waals surface area contributed by atoms with Crippen LogP contribution in [0.25, 0.3) is 0 Å². The zero-order valence-corrected chi connectivity index (χ0v) is 5.05. The van der Waals surface area contributed by atoms with Crippen molar-refractivity contribution in [2.24, 2.45) is 5.10 Å². The van der Waals surface area contributed by atoms with E-state index in [1.54, 1.807) is 0 Å². The van der Waals surface area contributed by atoms with Crippen molar-refractivity contribution in [2.75, 3.05) is 7.05 Å². The minimum absolute atomic E-state index is 0.00463. The fourth-order valence-corrected chi connectivity index (χ4v) is 0.200. The molecule has 0 aromatic heterocycles. The number of thiol groups is 1. The van der Waals surface area contributed by atoms with Crippen molar-refractivity contribution in [3.05, 3.63) is 10.1 Å².